The smallest absolute Gasteiger partial charge is 0.414 e. The number of rotatable bonds is 2. The first kappa shape index (κ1) is 16.9. The van der Waals surface area contributed by atoms with Crippen molar-refractivity contribution in [2.45, 2.75) is 33.3 Å². The zero-order valence-electron chi connectivity index (χ0n) is 14.1. The second-order valence-corrected chi connectivity index (χ2v) is 6.46. The molecule has 0 aliphatic carbocycles. The van der Waals surface area contributed by atoms with Gasteiger partial charge >= 0.3 is 6.09 Å². The summed E-state index contributed by atoms with van der Waals surface area (Å²) in [7, 11) is 1.65. The molecular formula is C18H21FN2O2. The van der Waals surface area contributed by atoms with Gasteiger partial charge in [0.2, 0.25) is 5.95 Å². The minimum absolute atomic E-state index is 0.435. The molecule has 0 unspecified atom stereocenters. The number of ether oxygens (including phenoxy) is 1. The molecule has 23 heavy (non-hydrogen) atoms. The van der Waals surface area contributed by atoms with E-state index in [-0.39, 0.29) is 0 Å². The van der Waals surface area contributed by atoms with Crippen molar-refractivity contribution in [2.75, 3.05) is 11.9 Å². The van der Waals surface area contributed by atoms with Crippen LogP contribution in [0.5, 0.6) is 0 Å². The highest BCUT2D eigenvalue weighted by molar-refractivity contribution is 5.88. The van der Waals surface area contributed by atoms with E-state index in [0.29, 0.717) is 11.3 Å². The number of anilines is 1. The third-order valence-electron chi connectivity index (χ3n) is 3.18. The van der Waals surface area contributed by atoms with E-state index in [4.69, 9.17) is 4.74 Å². The number of aromatic nitrogens is 1. The average Bonchev–Trinajstić information content (AvgIpc) is 2.44. The van der Waals surface area contributed by atoms with Gasteiger partial charge in [0.15, 0.2) is 0 Å². The molecule has 122 valence electrons. The zero-order chi connectivity index (χ0) is 17.2. The van der Waals surface area contributed by atoms with Gasteiger partial charge in [0, 0.05) is 25.0 Å². The number of hydrogen-bond donors (Lipinski definition) is 0. The summed E-state index contributed by atoms with van der Waals surface area (Å²) in [5.41, 5.74) is 2.61. The first-order valence-electron chi connectivity index (χ1n) is 7.36. The average molecular weight is 316 g/mol. The molecule has 0 aliphatic rings. The predicted molar refractivity (Wildman–Crippen MR) is 89.0 cm³/mol. The Kier molecular flexibility index (Phi) is 4.68. The largest absolute Gasteiger partial charge is 0.443 e. The Morgan fingerprint density at radius 3 is 2.48 bits per heavy atom. The van der Waals surface area contributed by atoms with Gasteiger partial charge < -0.3 is 4.74 Å². The molecule has 0 saturated carbocycles. The maximum Gasteiger partial charge on any atom is 0.414 e. The fraction of sp³-hybridized carbons (Fsp3) is 0.333. The van der Waals surface area contributed by atoms with Crippen LogP contribution in [0.2, 0.25) is 0 Å². The molecule has 0 N–H and O–H groups in total. The molecule has 0 aliphatic heterocycles. The summed E-state index contributed by atoms with van der Waals surface area (Å²) in [6, 6.07) is 8.74. The van der Waals surface area contributed by atoms with Gasteiger partial charge in [-0.2, -0.15) is 4.39 Å². The van der Waals surface area contributed by atoms with E-state index in [1.807, 2.05) is 45.9 Å². The lowest BCUT2D eigenvalue weighted by Gasteiger charge is -2.25. The third kappa shape index (κ3) is 4.52. The second-order valence-electron chi connectivity index (χ2n) is 6.46. The standard InChI is InChI=1S/C18H21FN2O2/c1-12-8-14(13-6-7-20-16(19)11-13)10-15(9-12)21(5)17(22)23-18(2,3)4/h6-11H,1-5H3. The van der Waals surface area contributed by atoms with Crippen LogP contribution in [0.1, 0.15) is 26.3 Å². The minimum atomic E-state index is -0.563. The molecule has 0 bridgehead atoms. The van der Waals surface area contributed by atoms with E-state index in [2.05, 4.69) is 4.98 Å². The van der Waals surface area contributed by atoms with Gasteiger partial charge in [-0.1, -0.05) is 6.07 Å². The van der Waals surface area contributed by atoms with Gasteiger partial charge in [-0.3, -0.25) is 4.90 Å². The van der Waals surface area contributed by atoms with Crippen LogP contribution in [0.3, 0.4) is 0 Å². The van der Waals surface area contributed by atoms with E-state index in [1.54, 1.807) is 13.1 Å². The van der Waals surface area contributed by atoms with Crippen LogP contribution in [0.25, 0.3) is 11.1 Å². The minimum Gasteiger partial charge on any atom is -0.443 e. The molecule has 0 atom stereocenters. The van der Waals surface area contributed by atoms with Gasteiger partial charge in [-0.25, -0.2) is 9.78 Å². The predicted octanol–water partition coefficient (Wildman–Crippen LogP) is 4.57. The van der Waals surface area contributed by atoms with Crippen LogP contribution in [-0.2, 0) is 4.74 Å². The van der Waals surface area contributed by atoms with E-state index < -0.39 is 17.6 Å². The Hall–Kier alpha value is -2.43. The first-order valence-corrected chi connectivity index (χ1v) is 7.36. The molecule has 4 nitrogen and oxygen atoms in total. The van der Waals surface area contributed by atoms with Crippen LogP contribution in [-0.4, -0.2) is 23.7 Å². The third-order valence-corrected chi connectivity index (χ3v) is 3.18. The van der Waals surface area contributed by atoms with Crippen molar-refractivity contribution in [1.29, 1.82) is 0 Å². The molecule has 5 heteroatoms. The van der Waals surface area contributed by atoms with Crippen molar-refractivity contribution < 1.29 is 13.9 Å². The van der Waals surface area contributed by atoms with Gasteiger partial charge in [-0.05, 0) is 62.6 Å². The number of carbonyl (C=O) groups is 1. The van der Waals surface area contributed by atoms with Crippen molar-refractivity contribution in [3.8, 4) is 11.1 Å². The number of amides is 1. The number of carbonyl (C=O) groups excluding carboxylic acids is 1. The van der Waals surface area contributed by atoms with Crippen molar-refractivity contribution in [3.05, 3.63) is 48.0 Å². The molecular weight excluding hydrogens is 295 g/mol. The van der Waals surface area contributed by atoms with Crippen LogP contribution in [0, 0.1) is 12.9 Å². The quantitative estimate of drug-likeness (QED) is 0.762. The Morgan fingerprint density at radius 1 is 1.17 bits per heavy atom. The van der Waals surface area contributed by atoms with Crippen LogP contribution in [0.4, 0.5) is 14.9 Å². The summed E-state index contributed by atoms with van der Waals surface area (Å²) < 4.78 is 18.7. The normalized spacial score (nSPS) is 11.2. The van der Waals surface area contributed by atoms with Crippen molar-refractivity contribution >= 4 is 11.8 Å². The molecule has 2 rings (SSSR count). The summed E-state index contributed by atoms with van der Waals surface area (Å²) in [5, 5.41) is 0. The topological polar surface area (TPSA) is 42.4 Å². The molecule has 1 aromatic heterocycles. The number of nitrogens with zero attached hydrogens (tertiary/aromatic N) is 2. The SMILES string of the molecule is Cc1cc(-c2ccnc(F)c2)cc(N(C)C(=O)OC(C)(C)C)c1. The number of pyridine rings is 1. The van der Waals surface area contributed by atoms with E-state index in [1.165, 1.54) is 17.2 Å². The lowest BCUT2D eigenvalue weighted by atomic mass is 10.0. The van der Waals surface area contributed by atoms with Gasteiger partial charge in [-0.15, -0.1) is 0 Å². The Bertz CT molecular complexity index is 723. The van der Waals surface area contributed by atoms with Gasteiger partial charge in [0.05, 0.1) is 0 Å². The Balaban J connectivity index is 2.35. The zero-order valence-corrected chi connectivity index (χ0v) is 14.1. The van der Waals surface area contributed by atoms with E-state index in [9.17, 15) is 9.18 Å². The Labute approximate surface area is 135 Å². The lowest BCUT2D eigenvalue weighted by Crippen LogP contribution is -2.34. The molecule has 0 saturated heterocycles. The fourth-order valence-electron chi connectivity index (χ4n) is 2.14. The highest BCUT2D eigenvalue weighted by Gasteiger charge is 2.21. The van der Waals surface area contributed by atoms with Crippen molar-refractivity contribution in [1.82, 2.24) is 4.98 Å². The lowest BCUT2D eigenvalue weighted by molar-refractivity contribution is 0.0589. The van der Waals surface area contributed by atoms with E-state index >= 15 is 0 Å². The molecule has 0 radical (unpaired) electrons. The summed E-state index contributed by atoms with van der Waals surface area (Å²) >= 11 is 0. The van der Waals surface area contributed by atoms with Crippen molar-refractivity contribution in [3.63, 3.8) is 0 Å². The van der Waals surface area contributed by atoms with Gasteiger partial charge in [0.1, 0.15) is 5.60 Å². The second kappa shape index (κ2) is 6.36. The van der Waals surface area contributed by atoms with Crippen molar-refractivity contribution in [2.24, 2.45) is 0 Å². The van der Waals surface area contributed by atoms with Crippen LogP contribution in [0.15, 0.2) is 36.5 Å². The molecule has 1 amide bonds. The fourth-order valence-corrected chi connectivity index (χ4v) is 2.14. The molecule has 1 heterocycles. The highest BCUT2D eigenvalue weighted by Crippen LogP contribution is 2.27. The van der Waals surface area contributed by atoms with Crippen LogP contribution >= 0.6 is 0 Å². The number of halogens is 1. The van der Waals surface area contributed by atoms with Crippen LogP contribution < -0.4 is 4.90 Å². The molecule has 0 spiro atoms. The molecule has 2 aromatic rings. The van der Waals surface area contributed by atoms with E-state index in [0.717, 1.165) is 11.1 Å². The first-order chi connectivity index (χ1) is 10.7. The Morgan fingerprint density at radius 2 is 1.87 bits per heavy atom. The highest BCUT2D eigenvalue weighted by atomic mass is 19.1. The summed E-state index contributed by atoms with van der Waals surface area (Å²) in [4.78, 5) is 17.2. The monoisotopic (exact) mass is 316 g/mol. The number of hydrogen-bond acceptors (Lipinski definition) is 3. The summed E-state index contributed by atoms with van der Waals surface area (Å²) in [6.45, 7) is 7.38. The number of aryl methyl sites for hydroxylation is 1. The maximum atomic E-state index is 13.3. The number of benzene rings is 1. The maximum absolute atomic E-state index is 13.3. The molecule has 1 aromatic carbocycles. The van der Waals surface area contributed by atoms with Gasteiger partial charge in [0.25, 0.3) is 0 Å². The summed E-state index contributed by atoms with van der Waals surface area (Å²) in [5.74, 6) is -0.536. The summed E-state index contributed by atoms with van der Waals surface area (Å²) in [6.07, 6.45) is 0.986. The molecule has 0 fully saturated rings.